The normalized spacial score (nSPS) is 13.2. The number of amides is 1. The molecule has 170 valence electrons. The predicted molar refractivity (Wildman–Crippen MR) is 128 cm³/mol. The van der Waals surface area contributed by atoms with Gasteiger partial charge in [-0.25, -0.2) is 19.7 Å². The van der Waals surface area contributed by atoms with Crippen molar-refractivity contribution < 1.29 is 9.53 Å². The molecule has 3 heterocycles. The van der Waals surface area contributed by atoms with Crippen molar-refractivity contribution in [3.8, 4) is 17.0 Å². The fraction of sp³-hybridized carbons (Fsp3) is 0.125. The quantitative estimate of drug-likeness (QED) is 0.483. The van der Waals surface area contributed by atoms with Crippen LogP contribution in [0, 0.1) is 0 Å². The van der Waals surface area contributed by atoms with Crippen LogP contribution in [0.15, 0.2) is 72.0 Å². The Morgan fingerprint density at radius 3 is 2.65 bits per heavy atom. The molecule has 0 unspecified atom stereocenters. The lowest BCUT2D eigenvalue weighted by Crippen LogP contribution is -2.32. The largest absolute Gasteiger partial charge is 0.475 e. The van der Waals surface area contributed by atoms with Gasteiger partial charge in [-0.05, 0) is 35.4 Å². The Kier molecular flexibility index (Phi) is 5.69. The van der Waals surface area contributed by atoms with E-state index in [0.29, 0.717) is 23.8 Å². The van der Waals surface area contributed by atoms with Crippen molar-refractivity contribution in [1.29, 1.82) is 0 Å². The number of nitrogen functional groups attached to an aromatic ring is 1. The second-order valence-electron chi connectivity index (χ2n) is 7.64. The molecule has 4 aromatic rings. The van der Waals surface area contributed by atoms with Crippen LogP contribution in [0.2, 0.25) is 5.02 Å². The number of fused-ring (bicyclic) bond motifs is 1. The molecule has 5 rings (SSSR count). The average molecular weight is 475 g/mol. The summed E-state index contributed by atoms with van der Waals surface area (Å²) in [5, 5.41) is 0.556. The van der Waals surface area contributed by atoms with Crippen molar-refractivity contribution in [2.45, 2.75) is 6.54 Å². The Bertz CT molecular complexity index is 1440. The van der Waals surface area contributed by atoms with Crippen LogP contribution in [0.4, 0.5) is 11.5 Å². The molecule has 10 heteroatoms. The zero-order chi connectivity index (χ0) is 23.7. The minimum atomic E-state index is -0.317. The number of aromatic nitrogens is 4. The van der Waals surface area contributed by atoms with Gasteiger partial charge in [0.05, 0.1) is 13.1 Å². The van der Waals surface area contributed by atoms with Crippen LogP contribution >= 0.6 is 11.6 Å². The van der Waals surface area contributed by atoms with Gasteiger partial charge in [-0.15, -0.1) is 0 Å². The van der Waals surface area contributed by atoms with Crippen molar-refractivity contribution in [3.05, 3.63) is 93.9 Å². The fourth-order valence-corrected chi connectivity index (χ4v) is 4.14. The van der Waals surface area contributed by atoms with Crippen molar-refractivity contribution in [2.24, 2.45) is 0 Å². The number of halogens is 1. The number of carbonyl (C=O) groups excluding carboxylic acids is 1. The summed E-state index contributed by atoms with van der Waals surface area (Å²) in [5.74, 6) is -0.0395. The lowest BCUT2D eigenvalue weighted by atomic mass is 10.0. The van der Waals surface area contributed by atoms with Crippen molar-refractivity contribution in [3.63, 3.8) is 0 Å². The third-order valence-corrected chi connectivity index (χ3v) is 5.83. The van der Waals surface area contributed by atoms with Crippen molar-refractivity contribution in [1.82, 2.24) is 19.5 Å². The summed E-state index contributed by atoms with van der Waals surface area (Å²) in [7, 11) is 0. The highest BCUT2D eigenvalue weighted by Gasteiger charge is 2.28. The lowest BCUT2D eigenvalue weighted by Gasteiger charge is -2.20. The van der Waals surface area contributed by atoms with Gasteiger partial charge in [0.2, 0.25) is 5.88 Å². The summed E-state index contributed by atoms with van der Waals surface area (Å²) < 4.78 is 7.10. The SMILES string of the molecule is Nc1ncnc2c1C(=O)N(c1ccc(-c3ccc(Cn4cccnc4=O)cc3Cl)cc1)CCO2. The van der Waals surface area contributed by atoms with E-state index in [1.165, 1.54) is 17.1 Å². The Hall–Kier alpha value is -4.24. The maximum absolute atomic E-state index is 13.1. The van der Waals surface area contributed by atoms with Crippen molar-refractivity contribution in [2.75, 3.05) is 23.8 Å². The molecule has 2 aromatic carbocycles. The van der Waals surface area contributed by atoms with Gasteiger partial charge < -0.3 is 15.4 Å². The summed E-state index contributed by atoms with van der Waals surface area (Å²) in [6, 6.07) is 14.9. The van der Waals surface area contributed by atoms with E-state index in [-0.39, 0.29) is 35.5 Å². The van der Waals surface area contributed by atoms with Gasteiger partial charge in [0.15, 0.2) is 0 Å². The Labute approximate surface area is 199 Å². The number of ether oxygens (including phenoxy) is 1. The summed E-state index contributed by atoms with van der Waals surface area (Å²) in [6.07, 6.45) is 4.42. The molecule has 0 atom stereocenters. The Balaban J connectivity index is 1.39. The molecular weight excluding hydrogens is 456 g/mol. The average Bonchev–Trinajstić information content (AvgIpc) is 3.00. The molecule has 9 nitrogen and oxygen atoms in total. The fourth-order valence-electron chi connectivity index (χ4n) is 3.83. The molecule has 0 radical (unpaired) electrons. The van der Waals surface area contributed by atoms with Gasteiger partial charge in [0, 0.05) is 28.7 Å². The third-order valence-electron chi connectivity index (χ3n) is 5.51. The van der Waals surface area contributed by atoms with Gasteiger partial charge in [0.1, 0.15) is 24.3 Å². The first-order valence-corrected chi connectivity index (χ1v) is 10.8. The number of hydrogen-bond acceptors (Lipinski definition) is 7. The number of carbonyl (C=O) groups is 1. The summed E-state index contributed by atoms with van der Waals surface area (Å²) >= 11 is 6.56. The van der Waals surface area contributed by atoms with Crippen LogP contribution in [-0.4, -0.2) is 38.6 Å². The van der Waals surface area contributed by atoms with E-state index in [1.807, 2.05) is 42.5 Å². The first kappa shape index (κ1) is 21.6. The number of benzene rings is 2. The summed E-state index contributed by atoms with van der Waals surface area (Å²) in [5.41, 5.74) is 9.06. The maximum Gasteiger partial charge on any atom is 0.347 e. The molecule has 1 amide bonds. The smallest absolute Gasteiger partial charge is 0.347 e. The highest BCUT2D eigenvalue weighted by molar-refractivity contribution is 6.33. The monoisotopic (exact) mass is 474 g/mol. The van der Waals surface area contributed by atoms with E-state index in [2.05, 4.69) is 15.0 Å². The lowest BCUT2D eigenvalue weighted by molar-refractivity contribution is 0.0990. The number of nitrogens with two attached hydrogens (primary N) is 1. The first-order valence-electron chi connectivity index (χ1n) is 10.5. The molecule has 2 N–H and O–H groups in total. The minimum Gasteiger partial charge on any atom is -0.475 e. The molecule has 2 aromatic heterocycles. The standard InChI is InChI=1S/C24H19ClN6O3/c25-19-12-15(13-30-9-1-8-27-24(30)33)2-7-18(19)16-3-5-17(6-4-16)31-10-11-34-22-20(23(31)32)21(26)28-14-29-22/h1-9,12,14H,10-11,13H2,(H2,26,28,29). The number of rotatable bonds is 4. The highest BCUT2D eigenvalue weighted by atomic mass is 35.5. The zero-order valence-corrected chi connectivity index (χ0v) is 18.6. The van der Waals surface area contributed by atoms with Gasteiger partial charge in [-0.2, -0.15) is 0 Å². The molecule has 0 saturated heterocycles. The summed E-state index contributed by atoms with van der Waals surface area (Å²) in [4.78, 5) is 38.3. The first-order chi connectivity index (χ1) is 16.5. The van der Waals surface area contributed by atoms with Gasteiger partial charge >= 0.3 is 5.69 Å². The van der Waals surface area contributed by atoms with Gasteiger partial charge in [-0.1, -0.05) is 35.9 Å². The third kappa shape index (κ3) is 4.08. The molecule has 0 bridgehead atoms. The van der Waals surface area contributed by atoms with Gasteiger partial charge in [-0.3, -0.25) is 9.36 Å². The number of hydrogen-bond donors (Lipinski definition) is 1. The zero-order valence-electron chi connectivity index (χ0n) is 17.9. The van der Waals surface area contributed by atoms with E-state index >= 15 is 0 Å². The molecule has 0 spiro atoms. The number of anilines is 2. The van der Waals surface area contributed by atoms with E-state index in [1.54, 1.807) is 17.2 Å². The van der Waals surface area contributed by atoms with Crippen LogP contribution in [0.3, 0.4) is 0 Å². The molecule has 1 aliphatic rings. The second-order valence-corrected chi connectivity index (χ2v) is 8.04. The molecule has 0 saturated carbocycles. The molecule has 34 heavy (non-hydrogen) atoms. The molecule has 0 aliphatic carbocycles. The Morgan fingerprint density at radius 2 is 1.88 bits per heavy atom. The minimum absolute atomic E-state index is 0.0824. The predicted octanol–water partition coefficient (Wildman–Crippen LogP) is 3.02. The van der Waals surface area contributed by atoms with Crippen molar-refractivity contribution >= 4 is 29.0 Å². The molecule has 1 aliphatic heterocycles. The number of nitrogens with zero attached hydrogens (tertiary/aromatic N) is 5. The maximum atomic E-state index is 13.1. The van der Waals surface area contributed by atoms with Crippen LogP contribution in [-0.2, 0) is 6.54 Å². The van der Waals surface area contributed by atoms with Crippen LogP contribution in [0.25, 0.3) is 11.1 Å². The Morgan fingerprint density at radius 1 is 1.06 bits per heavy atom. The van der Waals surface area contributed by atoms with Crippen LogP contribution < -0.4 is 21.1 Å². The van der Waals surface area contributed by atoms with Crippen LogP contribution in [0.5, 0.6) is 5.88 Å². The second kappa shape index (κ2) is 8.95. The van der Waals surface area contributed by atoms with Gasteiger partial charge in [0.25, 0.3) is 5.91 Å². The molecule has 0 fully saturated rings. The summed E-state index contributed by atoms with van der Waals surface area (Å²) in [6.45, 7) is 1.00. The van der Waals surface area contributed by atoms with E-state index in [9.17, 15) is 9.59 Å². The van der Waals surface area contributed by atoms with E-state index in [0.717, 1.165) is 16.7 Å². The molecular formula is C24H19ClN6O3. The highest BCUT2D eigenvalue weighted by Crippen LogP contribution is 2.32. The van der Waals surface area contributed by atoms with E-state index < -0.39 is 0 Å². The van der Waals surface area contributed by atoms with E-state index in [4.69, 9.17) is 22.1 Å². The van der Waals surface area contributed by atoms with Crippen LogP contribution in [0.1, 0.15) is 15.9 Å². The topological polar surface area (TPSA) is 116 Å².